The predicted octanol–water partition coefficient (Wildman–Crippen LogP) is -0.0436. The highest BCUT2D eigenvalue weighted by Crippen LogP contribution is 1.98. The highest BCUT2D eigenvalue weighted by Gasteiger charge is 2.08. The number of hydrogen-bond donors (Lipinski definition) is 2. The molecule has 15 heavy (non-hydrogen) atoms. The van der Waals surface area contributed by atoms with Crippen molar-refractivity contribution in [3.8, 4) is 0 Å². The lowest BCUT2D eigenvalue weighted by molar-refractivity contribution is -0.131. The maximum absolute atomic E-state index is 10.4. The number of methoxy groups -OCH3 is 1. The van der Waals surface area contributed by atoms with Gasteiger partial charge in [0.15, 0.2) is 0 Å². The van der Waals surface area contributed by atoms with Crippen molar-refractivity contribution in [1.82, 2.24) is 4.90 Å². The Balaban J connectivity index is 3.92. The van der Waals surface area contributed by atoms with E-state index in [9.17, 15) is 9.90 Å². The first-order valence-electron chi connectivity index (χ1n) is 4.71. The summed E-state index contributed by atoms with van der Waals surface area (Å²) in [5.41, 5.74) is 0.745. The van der Waals surface area contributed by atoms with Gasteiger partial charge in [-0.3, -0.25) is 4.90 Å². The van der Waals surface area contributed by atoms with Gasteiger partial charge in [0.2, 0.25) is 0 Å². The van der Waals surface area contributed by atoms with Gasteiger partial charge < -0.3 is 14.9 Å². The van der Waals surface area contributed by atoms with Crippen molar-refractivity contribution in [2.24, 2.45) is 0 Å². The number of carboxylic acid groups (broad SMARTS) is 1. The predicted molar refractivity (Wildman–Crippen MR) is 56.8 cm³/mol. The molecule has 0 saturated carbocycles. The molecule has 5 nitrogen and oxygen atoms in total. The SMILES string of the molecule is COCC(O)CN(C)CC(C)=CC(=O)O. The normalized spacial score (nSPS) is 14.3. The molecule has 2 N–H and O–H groups in total. The summed E-state index contributed by atoms with van der Waals surface area (Å²) in [6.07, 6.45) is 0.622. The summed E-state index contributed by atoms with van der Waals surface area (Å²) >= 11 is 0. The van der Waals surface area contributed by atoms with Gasteiger partial charge in [0.05, 0.1) is 12.7 Å². The average molecular weight is 217 g/mol. The molecular formula is C10H19NO4. The first-order valence-corrected chi connectivity index (χ1v) is 4.71. The fourth-order valence-electron chi connectivity index (χ4n) is 1.35. The van der Waals surface area contributed by atoms with Crippen LogP contribution in [-0.2, 0) is 9.53 Å². The van der Waals surface area contributed by atoms with Crippen LogP contribution in [0.4, 0.5) is 0 Å². The van der Waals surface area contributed by atoms with E-state index in [2.05, 4.69) is 0 Å². The molecule has 0 rings (SSSR count). The standard InChI is InChI=1S/C10H19NO4/c1-8(4-10(13)14)5-11(2)6-9(12)7-15-3/h4,9,12H,5-7H2,1-3H3,(H,13,14). The van der Waals surface area contributed by atoms with Crippen LogP contribution in [0.25, 0.3) is 0 Å². The molecule has 0 spiro atoms. The third kappa shape index (κ3) is 8.11. The number of nitrogens with zero attached hydrogens (tertiary/aromatic N) is 1. The summed E-state index contributed by atoms with van der Waals surface area (Å²) in [7, 11) is 3.34. The first kappa shape index (κ1) is 14.1. The van der Waals surface area contributed by atoms with Crippen LogP contribution >= 0.6 is 0 Å². The fraction of sp³-hybridized carbons (Fsp3) is 0.700. The Kier molecular flexibility index (Phi) is 6.94. The minimum atomic E-state index is -0.946. The second-order valence-corrected chi connectivity index (χ2v) is 3.63. The lowest BCUT2D eigenvalue weighted by Crippen LogP contribution is -2.33. The molecule has 0 amide bonds. The van der Waals surface area contributed by atoms with E-state index in [1.54, 1.807) is 6.92 Å². The van der Waals surface area contributed by atoms with Gasteiger partial charge >= 0.3 is 5.97 Å². The number of ether oxygens (including phenoxy) is 1. The van der Waals surface area contributed by atoms with Crippen LogP contribution in [0.2, 0.25) is 0 Å². The maximum Gasteiger partial charge on any atom is 0.328 e. The largest absolute Gasteiger partial charge is 0.478 e. The van der Waals surface area contributed by atoms with Crippen LogP contribution in [0.3, 0.4) is 0 Å². The van der Waals surface area contributed by atoms with Crippen LogP contribution < -0.4 is 0 Å². The lowest BCUT2D eigenvalue weighted by atomic mass is 10.2. The molecule has 0 aromatic rings. The molecule has 0 aromatic heterocycles. The second kappa shape index (κ2) is 7.39. The van der Waals surface area contributed by atoms with Crippen molar-refractivity contribution in [3.05, 3.63) is 11.6 Å². The van der Waals surface area contributed by atoms with Crippen molar-refractivity contribution >= 4 is 5.97 Å². The maximum atomic E-state index is 10.4. The molecule has 0 saturated heterocycles. The van der Waals surface area contributed by atoms with Crippen LogP contribution in [-0.4, -0.2) is 61.0 Å². The highest BCUT2D eigenvalue weighted by molar-refractivity contribution is 5.80. The van der Waals surface area contributed by atoms with E-state index in [1.807, 2.05) is 11.9 Å². The summed E-state index contributed by atoms with van der Waals surface area (Å²) in [5.74, 6) is -0.946. The van der Waals surface area contributed by atoms with Crippen LogP contribution in [0.5, 0.6) is 0 Å². The third-order valence-electron chi connectivity index (χ3n) is 1.77. The number of carboxylic acids is 1. The van der Waals surface area contributed by atoms with Crippen molar-refractivity contribution in [2.75, 3.05) is 33.9 Å². The average Bonchev–Trinajstić information content (AvgIpc) is 2.00. The Bertz CT molecular complexity index is 227. The van der Waals surface area contributed by atoms with Gasteiger partial charge in [0, 0.05) is 26.3 Å². The molecule has 0 radical (unpaired) electrons. The molecule has 0 bridgehead atoms. The number of aliphatic carboxylic acids is 1. The summed E-state index contributed by atoms with van der Waals surface area (Å²) < 4.78 is 4.79. The highest BCUT2D eigenvalue weighted by atomic mass is 16.5. The Morgan fingerprint density at radius 2 is 2.20 bits per heavy atom. The molecule has 0 aliphatic carbocycles. The van der Waals surface area contributed by atoms with Gasteiger partial charge in [0.25, 0.3) is 0 Å². The fourth-order valence-corrected chi connectivity index (χ4v) is 1.35. The van der Waals surface area contributed by atoms with Crippen LogP contribution in [0.1, 0.15) is 6.92 Å². The quantitative estimate of drug-likeness (QED) is 0.585. The minimum Gasteiger partial charge on any atom is -0.478 e. The van der Waals surface area contributed by atoms with Crippen LogP contribution in [0.15, 0.2) is 11.6 Å². The monoisotopic (exact) mass is 217 g/mol. The smallest absolute Gasteiger partial charge is 0.328 e. The van der Waals surface area contributed by atoms with E-state index in [0.717, 1.165) is 5.57 Å². The molecule has 5 heteroatoms. The molecule has 0 fully saturated rings. The van der Waals surface area contributed by atoms with Gasteiger partial charge in [-0.25, -0.2) is 4.79 Å². The summed E-state index contributed by atoms with van der Waals surface area (Å²) in [6.45, 7) is 3.01. The zero-order chi connectivity index (χ0) is 11.8. The zero-order valence-electron chi connectivity index (χ0n) is 9.43. The number of hydrogen-bond acceptors (Lipinski definition) is 4. The Hall–Kier alpha value is -0.910. The molecule has 0 aliphatic rings. The van der Waals surface area contributed by atoms with Gasteiger partial charge in [-0.05, 0) is 14.0 Å². The number of likely N-dealkylation sites (N-methyl/N-ethyl adjacent to an activating group) is 1. The summed E-state index contributed by atoms with van der Waals surface area (Å²) in [6, 6.07) is 0. The Labute approximate surface area is 90.0 Å². The summed E-state index contributed by atoms with van der Waals surface area (Å²) in [5, 5.41) is 17.9. The third-order valence-corrected chi connectivity index (χ3v) is 1.77. The Morgan fingerprint density at radius 3 is 2.67 bits per heavy atom. The number of aliphatic hydroxyl groups excluding tert-OH is 1. The molecular weight excluding hydrogens is 198 g/mol. The minimum absolute atomic E-state index is 0.284. The van der Waals surface area contributed by atoms with Crippen molar-refractivity contribution in [1.29, 1.82) is 0 Å². The van der Waals surface area contributed by atoms with Gasteiger partial charge in [-0.15, -0.1) is 0 Å². The van der Waals surface area contributed by atoms with Crippen molar-refractivity contribution in [3.63, 3.8) is 0 Å². The van der Waals surface area contributed by atoms with E-state index in [-0.39, 0.29) is 6.61 Å². The van der Waals surface area contributed by atoms with E-state index in [4.69, 9.17) is 9.84 Å². The molecule has 0 heterocycles. The van der Waals surface area contributed by atoms with Gasteiger partial charge in [0.1, 0.15) is 0 Å². The lowest BCUT2D eigenvalue weighted by Gasteiger charge is -2.20. The van der Waals surface area contributed by atoms with E-state index in [0.29, 0.717) is 13.1 Å². The zero-order valence-corrected chi connectivity index (χ0v) is 9.43. The number of aliphatic hydroxyl groups is 1. The Morgan fingerprint density at radius 1 is 1.60 bits per heavy atom. The number of carbonyl (C=O) groups is 1. The van der Waals surface area contributed by atoms with Gasteiger partial charge in [-0.2, -0.15) is 0 Å². The molecule has 1 atom stereocenters. The topological polar surface area (TPSA) is 70.0 Å². The van der Waals surface area contributed by atoms with Crippen LogP contribution in [0, 0.1) is 0 Å². The summed E-state index contributed by atoms with van der Waals surface area (Å²) in [4.78, 5) is 12.2. The first-order chi connectivity index (χ1) is 6.95. The molecule has 88 valence electrons. The van der Waals surface area contributed by atoms with Crippen molar-refractivity contribution < 1.29 is 19.7 Å². The second-order valence-electron chi connectivity index (χ2n) is 3.63. The molecule has 0 aromatic carbocycles. The molecule has 1 unspecified atom stereocenters. The van der Waals surface area contributed by atoms with Crippen molar-refractivity contribution in [2.45, 2.75) is 13.0 Å². The van der Waals surface area contributed by atoms with E-state index >= 15 is 0 Å². The van der Waals surface area contributed by atoms with E-state index < -0.39 is 12.1 Å². The van der Waals surface area contributed by atoms with Gasteiger partial charge in [-0.1, -0.05) is 5.57 Å². The van der Waals surface area contributed by atoms with E-state index in [1.165, 1.54) is 13.2 Å². The number of rotatable bonds is 7. The molecule has 0 aliphatic heterocycles.